The van der Waals surface area contributed by atoms with Crippen LogP contribution in [-0.2, 0) is 0 Å². The number of aliphatic hydroxyl groups excluding tert-OH is 1. The second-order valence-corrected chi connectivity index (χ2v) is 3.37. The van der Waals surface area contributed by atoms with Crippen LogP contribution in [0.4, 0.5) is 0 Å². The van der Waals surface area contributed by atoms with Gasteiger partial charge in [0.2, 0.25) is 0 Å². The van der Waals surface area contributed by atoms with E-state index in [1.807, 2.05) is 13.8 Å². The molecule has 0 saturated heterocycles. The van der Waals surface area contributed by atoms with E-state index in [1.165, 1.54) is 0 Å². The van der Waals surface area contributed by atoms with Crippen molar-refractivity contribution in [3.8, 4) is 0 Å². The Balaban J connectivity index is 2.93. The molecule has 0 spiro atoms. The van der Waals surface area contributed by atoms with E-state index >= 15 is 0 Å². The zero-order chi connectivity index (χ0) is 10.0. The fraction of sp³-hybridized carbons (Fsp3) is 0.750. The summed E-state index contributed by atoms with van der Waals surface area (Å²) in [5, 5.41) is 17.0. The van der Waals surface area contributed by atoms with Crippen LogP contribution >= 0.6 is 0 Å². The molecule has 3 atom stereocenters. The van der Waals surface area contributed by atoms with Crippen LogP contribution in [0.25, 0.3) is 0 Å². The van der Waals surface area contributed by atoms with Crippen molar-refractivity contribution < 1.29 is 5.11 Å². The predicted octanol–water partition coefficient (Wildman–Crippen LogP) is 0.240. The Labute approximate surface area is 77.6 Å². The molecule has 13 heavy (non-hydrogen) atoms. The van der Waals surface area contributed by atoms with Crippen molar-refractivity contribution >= 4 is 0 Å². The monoisotopic (exact) mass is 184 g/mol. The third kappa shape index (κ3) is 2.05. The molecule has 1 heterocycles. The number of hydrogen-bond donors (Lipinski definition) is 2. The van der Waals surface area contributed by atoms with Gasteiger partial charge in [-0.15, -0.1) is 5.10 Å². The molecular formula is C8H16N4O. The largest absolute Gasteiger partial charge is 0.391 e. The average Bonchev–Trinajstić information content (AvgIpc) is 2.50. The van der Waals surface area contributed by atoms with E-state index in [1.54, 1.807) is 17.8 Å². The average molecular weight is 184 g/mol. The van der Waals surface area contributed by atoms with Crippen LogP contribution in [0.15, 0.2) is 6.20 Å². The van der Waals surface area contributed by atoms with Gasteiger partial charge in [0.15, 0.2) is 0 Å². The van der Waals surface area contributed by atoms with Gasteiger partial charge in [-0.05, 0) is 20.8 Å². The molecule has 5 nitrogen and oxygen atoms in total. The molecule has 0 bridgehead atoms. The van der Waals surface area contributed by atoms with Crippen LogP contribution in [0.1, 0.15) is 38.5 Å². The second-order valence-electron chi connectivity index (χ2n) is 3.37. The minimum Gasteiger partial charge on any atom is -0.391 e. The van der Waals surface area contributed by atoms with Gasteiger partial charge in [0.25, 0.3) is 0 Å². The van der Waals surface area contributed by atoms with E-state index < -0.39 is 6.10 Å². The highest BCUT2D eigenvalue weighted by atomic mass is 16.3. The molecule has 2 unspecified atom stereocenters. The fourth-order valence-electron chi connectivity index (χ4n) is 1.10. The van der Waals surface area contributed by atoms with E-state index in [-0.39, 0.29) is 12.1 Å². The predicted molar refractivity (Wildman–Crippen MR) is 49.0 cm³/mol. The van der Waals surface area contributed by atoms with Crippen LogP contribution in [0.3, 0.4) is 0 Å². The fourth-order valence-corrected chi connectivity index (χ4v) is 1.10. The highest BCUT2D eigenvalue weighted by Gasteiger charge is 2.17. The van der Waals surface area contributed by atoms with Gasteiger partial charge in [-0.25, -0.2) is 4.68 Å². The molecule has 0 radical (unpaired) electrons. The number of nitrogens with zero attached hydrogens (tertiary/aromatic N) is 3. The molecule has 1 aromatic heterocycles. The van der Waals surface area contributed by atoms with Crippen LogP contribution in [0, 0.1) is 0 Å². The van der Waals surface area contributed by atoms with Gasteiger partial charge in [0.05, 0.1) is 24.0 Å². The SMILES string of the molecule is CC(O)C(C)n1nncc1[C@H](C)N. The molecule has 1 aromatic rings. The van der Waals surface area contributed by atoms with Gasteiger partial charge in [0.1, 0.15) is 0 Å². The number of nitrogens with two attached hydrogens (primary N) is 1. The quantitative estimate of drug-likeness (QED) is 0.705. The summed E-state index contributed by atoms with van der Waals surface area (Å²) in [6.45, 7) is 5.46. The molecule has 1 rings (SSSR count). The maximum atomic E-state index is 9.37. The van der Waals surface area contributed by atoms with Crippen molar-refractivity contribution in [1.29, 1.82) is 0 Å². The van der Waals surface area contributed by atoms with Crippen molar-refractivity contribution in [3.63, 3.8) is 0 Å². The van der Waals surface area contributed by atoms with Gasteiger partial charge in [-0.1, -0.05) is 5.21 Å². The minimum atomic E-state index is -0.459. The molecule has 0 aromatic carbocycles. The summed E-state index contributed by atoms with van der Waals surface area (Å²) in [7, 11) is 0. The van der Waals surface area contributed by atoms with Gasteiger partial charge >= 0.3 is 0 Å². The maximum Gasteiger partial charge on any atom is 0.0768 e. The minimum absolute atomic E-state index is 0.0940. The summed E-state index contributed by atoms with van der Waals surface area (Å²) in [6, 6.07) is -0.209. The Morgan fingerprint density at radius 1 is 1.46 bits per heavy atom. The third-order valence-electron chi connectivity index (χ3n) is 2.15. The number of rotatable bonds is 3. The first-order valence-corrected chi connectivity index (χ1v) is 4.37. The molecule has 74 valence electrons. The lowest BCUT2D eigenvalue weighted by Gasteiger charge is -2.18. The lowest BCUT2D eigenvalue weighted by molar-refractivity contribution is 0.129. The van der Waals surface area contributed by atoms with Crippen molar-refractivity contribution in [3.05, 3.63) is 11.9 Å². The van der Waals surface area contributed by atoms with E-state index in [4.69, 9.17) is 5.73 Å². The Kier molecular flexibility index (Phi) is 3.00. The van der Waals surface area contributed by atoms with Gasteiger partial charge in [-0.3, -0.25) is 0 Å². The Bertz CT molecular complexity index is 269. The van der Waals surface area contributed by atoms with Gasteiger partial charge in [-0.2, -0.15) is 0 Å². The first-order valence-electron chi connectivity index (χ1n) is 4.37. The highest BCUT2D eigenvalue weighted by Crippen LogP contribution is 2.15. The number of aliphatic hydroxyl groups is 1. The summed E-state index contributed by atoms with van der Waals surface area (Å²) in [5.74, 6) is 0. The standard InChI is InChI=1S/C8H16N4O/c1-5(9)8-4-10-11-12(8)6(2)7(3)13/h4-7,13H,9H2,1-3H3/t5-,6?,7?/m0/s1. The van der Waals surface area contributed by atoms with Crippen molar-refractivity contribution in [1.82, 2.24) is 15.0 Å². The molecule has 0 fully saturated rings. The Morgan fingerprint density at radius 3 is 2.54 bits per heavy atom. The molecule has 5 heteroatoms. The molecular weight excluding hydrogens is 168 g/mol. The van der Waals surface area contributed by atoms with Crippen molar-refractivity contribution in [2.45, 2.75) is 39.0 Å². The summed E-state index contributed by atoms with van der Waals surface area (Å²) in [5.41, 5.74) is 6.56. The van der Waals surface area contributed by atoms with Crippen LogP contribution in [0.2, 0.25) is 0 Å². The number of hydrogen-bond acceptors (Lipinski definition) is 4. The summed E-state index contributed by atoms with van der Waals surface area (Å²) >= 11 is 0. The molecule has 3 N–H and O–H groups in total. The molecule has 0 aliphatic heterocycles. The Hall–Kier alpha value is -0.940. The van der Waals surface area contributed by atoms with Gasteiger partial charge in [0, 0.05) is 6.04 Å². The zero-order valence-corrected chi connectivity index (χ0v) is 8.18. The smallest absolute Gasteiger partial charge is 0.0768 e. The van der Waals surface area contributed by atoms with Crippen LogP contribution < -0.4 is 5.73 Å². The summed E-state index contributed by atoms with van der Waals surface area (Å²) in [4.78, 5) is 0. The molecule has 0 amide bonds. The molecule has 0 aliphatic carbocycles. The normalized spacial score (nSPS) is 18.2. The van der Waals surface area contributed by atoms with E-state index in [0.29, 0.717) is 0 Å². The second kappa shape index (κ2) is 3.85. The lowest BCUT2D eigenvalue weighted by atomic mass is 10.2. The summed E-state index contributed by atoms with van der Waals surface area (Å²) < 4.78 is 1.66. The van der Waals surface area contributed by atoms with Crippen molar-refractivity contribution in [2.75, 3.05) is 0 Å². The number of aromatic nitrogens is 3. The van der Waals surface area contributed by atoms with Crippen LogP contribution in [-0.4, -0.2) is 26.2 Å². The molecule has 0 aliphatic rings. The van der Waals surface area contributed by atoms with E-state index in [9.17, 15) is 5.11 Å². The lowest BCUT2D eigenvalue weighted by Crippen LogP contribution is -2.23. The van der Waals surface area contributed by atoms with Gasteiger partial charge < -0.3 is 10.8 Å². The highest BCUT2D eigenvalue weighted by molar-refractivity contribution is 5.01. The van der Waals surface area contributed by atoms with E-state index in [0.717, 1.165) is 5.69 Å². The Morgan fingerprint density at radius 2 is 2.08 bits per heavy atom. The first kappa shape index (κ1) is 10.1. The van der Waals surface area contributed by atoms with E-state index in [2.05, 4.69) is 10.3 Å². The topological polar surface area (TPSA) is 77.0 Å². The van der Waals surface area contributed by atoms with Crippen molar-refractivity contribution in [2.24, 2.45) is 5.73 Å². The summed E-state index contributed by atoms with van der Waals surface area (Å²) in [6.07, 6.45) is 1.17. The maximum absolute atomic E-state index is 9.37. The third-order valence-corrected chi connectivity index (χ3v) is 2.15. The van der Waals surface area contributed by atoms with Crippen LogP contribution in [0.5, 0.6) is 0 Å². The zero-order valence-electron chi connectivity index (χ0n) is 8.18. The first-order chi connectivity index (χ1) is 6.04. The molecule has 0 saturated carbocycles.